The quantitative estimate of drug-likeness (QED) is 0.809. The molecule has 0 bridgehead atoms. The van der Waals surface area contributed by atoms with Crippen LogP contribution < -0.4 is 10.6 Å². The summed E-state index contributed by atoms with van der Waals surface area (Å²) in [5, 5.41) is 7.14. The Kier molecular flexibility index (Phi) is 5.90. The maximum atomic E-state index is 12.9. The molecule has 0 heterocycles. The summed E-state index contributed by atoms with van der Waals surface area (Å²) in [4.78, 5) is 0. The molecule has 116 valence electrons. The van der Waals surface area contributed by atoms with Crippen molar-refractivity contribution >= 4 is 17.3 Å². The highest BCUT2D eigenvalue weighted by molar-refractivity contribution is 7.80. The van der Waals surface area contributed by atoms with Crippen molar-refractivity contribution in [2.24, 2.45) is 5.92 Å². The van der Waals surface area contributed by atoms with E-state index in [4.69, 9.17) is 12.2 Å². The summed E-state index contributed by atoms with van der Waals surface area (Å²) in [7, 11) is 0. The molecule has 0 fully saturated rings. The van der Waals surface area contributed by atoms with Gasteiger partial charge >= 0.3 is 0 Å². The summed E-state index contributed by atoms with van der Waals surface area (Å²) in [5.41, 5.74) is 2.20. The van der Waals surface area contributed by atoms with E-state index in [1.807, 2.05) is 18.2 Å². The summed E-state index contributed by atoms with van der Waals surface area (Å²) < 4.78 is 12.9. The second-order valence-corrected chi connectivity index (χ2v) is 5.99. The van der Waals surface area contributed by atoms with Gasteiger partial charge in [0.15, 0.2) is 5.11 Å². The zero-order chi connectivity index (χ0) is 15.9. The van der Waals surface area contributed by atoms with Gasteiger partial charge in [0, 0.05) is 6.54 Å². The van der Waals surface area contributed by atoms with E-state index in [9.17, 15) is 4.39 Å². The molecule has 0 unspecified atom stereocenters. The molecule has 0 saturated carbocycles. The Morgan fingerprint density at radius 2 is 1.68 bits per heavy atom. The second kappa shape index (κ2) is 7.90. The van der Waals surface area contributed by atoms with E-state index >= 15 is 0 Å². The Balaban J connectivity index is 1.93. The van der Waals surface area contributed by atoms with Crippen molar-refractivity contribution in [3.63, 3.8) is 0 Å². The van der Waals surface area contributed by atoms with Gasteiger partial charge in [-0.15, -0.1) is 0 Å². The third-order valence-electron chi connectivity index (χ3n) is 3.48. The topological polar surface area (TPSA) is 24.1 Å². The first-order chi connectivity index (χ1) is 10.6. The summed E-state index contributed by atoms with van der Waals surface area (Å²) >= 11 is 5.38. The maximum absolute atomic E-state index is 12.9. The Morgan fingerprint density at radius 3 is 2.27 bits per heavy atom. The third kappa shape index (κ3) is 4.81. The SMILES string of the molecule is CC(C)[C@@H](NC(=S)NCc1ccc(F)cc1)c1ccccc1. The van der Waals surface area contributed by atoms with Gasteiger partial charge < -0.3 is 10.6 Å². The van der Waals surface area contributed by atoms with Crippen molar-refractivity contribution in [1.29, 1.82) is 0 Å². The fraction of sp³-hybridized carbons (Fsp3) is 0.278. The van der Waals surface area contributed by atoms with Crippen LogP contribution in [-0.4, -0.2) is 5.11 Å². The van der Waals surface area contributed by atoms with Crippen molar-refractivity contribution in [3.8, 4) is 0 Å². The molecular weight excluding hydrogens is 295 g/mol. The van der Waals surface area contributed by atoms with Crippen molar-refractivity contribution in [1.82, 2.24) is 10.6 Å². The molecule has 0 spiro atoms. The van der Waals surface area contributed by atoms with Gasteiger partial charge in [-0.2, -0.15) is 0 Å². The minimum atomic E-state index is -0.228. The number of nitrogens with one attached hydrogen (secondary N) is 2. The zero-order valence-corrected chi connectivity index (χ0v) is 13.7. The van der Waals surface area contributed by atoms with Crippen LogP contribution in [0.15, 0.2) is 54.6 Å². The van der Waals surface area contributed by atoms with Crippen LogP contribution in [0.25, 0.3) is 0 Å². The van der Waals surface area contributed by atoms with Gasteiger partial charge in [0.05, 0.1) is 6.04 Å². The van der Waals surface area contributed by atoms with Gasteiger partial charge in [0.25, 0.3) is 0 Å². The van der Waals surface area contributed by atoms with Gasteiger partial charge in [0.1, 0.15) is 5.82 Å². The molecule has 1 atom stereocenters. The predicted octanol–water partition coefficient (Wildman–Crippen LogP) is 4.19. The first-order valence-electron chi connectivity index (χ1n) is 7.40. The molecule has 0 aliphatic carbocycles. The van der Waals surface area contributed by atoms with Gasteiger partial charge in [-0.05, 0) is 41.4 Å². The summed E-state index contributed by atoms with van der Waals surface area (Å²) in [6, 6.07) is 16.8. The fourth-order valence-corrected chi connectivity index (χ4v) is 2.47. The minimum Gasteiger partial charge on any atom is -0.359 e. The van der Waals surface area contributed by atoms with Crippen molar-refractivity contribution in [2.45, 2.75) is 26.4 Å². The molecule has 22 heavy (non-hydrogen) atoms. The zero-order valence-electron chi connectivity index (χ0n) is 12.8. The van der Waals surface area contributed by atoms with E-state index in [1.54, 1.807) is 12.1 Å². The molecule has 0 aromatic heterocycles. The lowest BCUT2D eigenvalue weighted by atomic mass is 9.96. The predicted molar refractivity (Wildman–Crippen MR) is 93.0 cm³/mol. The van der Waals surface area contributed by atoms with Gasteiger partial charge in [-0.3, -0.25) is 0 Å². The van der Waals surface area contributed by atoms with Crippen molar-refractivity contribution < 1.29 is 4.39 Å². The molecule has 4 heteroatoms. The molecule has 0 saturated heterocycles. The first-order valence-corrected chi connectivity index (χ1v) is 7.81. The van der Waals surface area contributed by atoms with Crippen LogP contribution in [0.4, 0.5) is 4.39 Å². The lowest BCUT2D eigenvalue weighted by Crippen LogP contribution is -2.39. The molecule has 2 aromatic rings. The van der Waals surface area contributed by atoms with Gasteiger partial charge in [-0.1, -0.05) is 56.3 Å². The van der Waals surface area contributed by atoms with Crippen LogP contribution >= 0.6 is 12.2 Å². The normalized spacial score (nSPS) is 12.0. The Bertz CT molecular complexity index is 596. The monoisotopic (exact) mass is 316 g/mol. The highest BCUT2D eigenvalue weighted by Crippen LogP contribution is 2.21. The minimum absolute atomic E-state index is 0.161. The molecule has 2 nitrogen and oxygen atoms in total. The maximum Gasteiger partial charge on any atom is 0.167 e. The lowest BCUT2D eigenvalue weighted by molar-refractivity contribution is 0.468. The van der Waals surface area contributed by atoms with E-state index in [0.717, 1.165) is 5.56 Å². The van der Waals surface area contributed by atoms with Crippen LogP contribution in [-0.2, 0) is 6.54 Å². The average molecular weight is 316 g/mol. The van der Waals surface area contributed by atoms with Crippen LogP contribution in [0.2, 0.25) is 0 Å². The highest BCUT2D eigenvalue weighted by atomic mass is 32.1. The lowest BCUT2D eigenvalue weighted by Gasteiger charge is -2.24. The molecule has 0 amide bonds. The number of benzene rings is 2. The summed E-state index contributed by atoms with van der Waals surface area (Å²) in [6.07, 6.45) is 0. The Labute approximate surface area is 136 Å². The molecule has 0 aliphatic heterocycles. The molecular formula is C18H21FN2S. The van der Waals surface area contributed by atoms with E-state index in [1.165, 1.54) is 17.7 Å². The average Bonchev–Trinajstić information content (AvgIpc) is 2.52. The number of halogens is 1. The molecule has 2 aromatic carbocycles. The number of rotatable bonds is 5. The van der Waals surface area contributed by atoms with Crippen LogP contribution in [0.5, 0.6) is 0 Å². The first kappa shape index (κ1) is 16.4. The highest BCUT2D eigenvalue weighted by Gasteiger charge is 2.16. The largest absolute Gasteiger partial charge is 0.359 e. The molecule has 0 aliphatic rings. The molecule has 2 rings (SSSR count). The van der Waals surface area contributed by atoms with E-state index in [-0.39, 0.29) is 11.9 Å². The fourth-order valence-electron chi connectivity index (χ4n) is 2.27. The van der Waals surface area contributed by atoms with E-state index < -0.39 is 0 Å². The smallest absolute Gasteiger partial charge is 0.167 e. The third-order valence-corrected chi connectivity index (χ3v) is 3.74. The Morgan fingerprint density at radius 1 is 1.05 bits per heavy atom. The van der Waals surface area contributed by atoms with Crippen LogP contribution in [0.3, 0.4) is 0 Å². The standard InChI is InChI=1S/C18H21FN2S/c1-13(2)17(15-6-4-3-5-7-15)21-18(22)20-12-14-8-10-16(19)11-9-14/h3-11,13,17H,12H2,1-2H3,(H2,20,21,22)/t17-/m1/s1. The number of hydrogen-bond donors (Lipinski definition) is 2. The summed E-state index contributed by atoms with van der Waals surface area (Å²) in [5.74, 6) is 0.182. The molecule has 0 radical (unpaired) electrons. The number of hydrogen-bond acceptors (Lipinski definition) is 1. The van der Waals surface area contributed by atoms with Crippen molar-refractivity contribution in [2.75, 3.05) is 0 Å². The molecule has 2 N–H and O–H groups in total. The van der Waals surface area contributed by atoms with E-state index in [2.05, 4.69) is 36.6 Å². The van der Waals surface area contributed by atoms with E-state index in [0.29, 0.717) is 17.6 Å². The summed E-state index contributed by atoms with van der Waals surface area (Å²) in [6.45, 7) is 4.90. The van der Waals surface area contributed by atoms with Crippen LogP contribution in [0.1, 0.15) is 31.0 Å². The van der Waals surface area contributed by atoms with Crippen LogP contribution in [0, 0.1) is 11.7 Å². The van der Waals surface area contributed by atoms with Crippen molar-refractivity contribution in [3.05, 3.63) is 71.5 Å². The number of thiocarbonyl (C=S) groups is 1. The van der Waals surface area contributed by atoms with Gasteiger partial charge in [0.2, 0.25) is 0 Å². The Hall–Kier alpha value is -1.94. The second-order valence-electron chi connectivity index (χ2n) is 5.59. The van der Waals surface area contributed by atoms with Gasteiger partial charge in [-0.25, -0.2) is 4.39 Å².